The first-order valence-electron chi connectivity index (χ1n) is 5.21. The van der Waals surface area contributed by atoms with Gasteiger partial charge in [0.05, 0.1) is 0 Å². The van der Waals surface area contributed by atoms with Gasteiger partial charge < -0.3 is 4.84 Å². The van der Waals surface area contributed by atoms with Gasteiger partial charge >= 0.3 is 0 Å². The van der Waals surface area contributed by atoms with Crippen molar-refractivity contribution in [3.05, 3.63) is 34.7 Å². The Labute approximate surface area is 83.3 Å². The lowest BCUT2D eigenvalue weighted by atomic mass is 9.98. The Balaban J connectivity index is 2.03. The molecule has 0 radical (unpaired) electrons. The zero-order valence-corrected chi connectivity index (χ0v) is 8.19. The molecule has 0 aromatic carbocycles. The second kappa shape index (κ2) is 4.31. The molecule has 1 aromatic heterocycles. The van der Waals surface area contributed by atoms with Crippen molar-refractivity contribution >= 4 is 0 Å². The van der Waals surface area contributed by atoms with Gasteiger partial charge in [-0.15, -0.1) is 0 Å². The van der Waals surface area contributed by atoms with Gasteiger partial charge in [0, 0.05) is 12.3 Å². The van der Waals surface area contributed by atoms with Crippen LogP contribution in [0.1, 0.15) is 32.1 Å². The van der Waals surface area contributed by atoms with Crippen LogP contribution in [0.5, 0.6) is 0 Å². The first-order valence-corrected chi connectivity index (χ1v) is 5.21. The van der Waals surface area contributed by atoms with Gasteiger partial charge in [-0.25, -0.2) is 0 Å². The third-order valence-electron chi connectivity index (χ3n) is 2.60. The summed E-state index contributed by atoms with van der Waals surface area (Å²) in [6.07, 6.45) is 7.77. The number of nitrogens with zero attached hydrogens (tertiary/aromatic N) is 1. The SMILES string of the molecule is O=c1ccccn1OC1CCCCC1. The maximum atomic E-state index is 11.3. The van der Waals surface area contributed by atoms with E-state index in [0.717, 1.165) is 12.8 Å². The number of hydrogen-bond donors (Lipinski definition) is 0. The maximum absolute atomic E-state index is 11.3. The van der Waals surface area contributed by atoms with Crippen molar-refractivity contribution in [2.45, 2.75) is 38.2 Å². The van der Waals surface area contributed by atoms with Crippen LogP contribution in [0.4, 0.5) is 0 Å². The molecule has 1 heterocycles. The summed E-state index contributed by atoms with van der Waals surface area (Å²) >= 11 is 0. The summed E-state index contributed by atoms with van der Waals surface area (Å²) in [5.41, 5.74) is -0.0851. The van der Waals surface area contributed by atoms with Crippen molar-refractivity contribution in [3.63, 3.8) is 0 Å². The third-order valence-corrected chi connectivity index (χ3v) is 2.60. The molecule has 0 unspecified atom stereocenters. The fraction of sp³-hybridized carbons (Fsp3) is 0.545. The summed E-state index contributed by atoms with van der Waals surface area (Å²) < 4.78 is 1.34. The first kappa shape index (κ1) is 9.31. The van der Waals surface area contributed by atoms with E-state index < -0.39 is 0 Å². The predicted octanol–water partition coefficient (Wildman–Crippen LogP) is 1.61. The molecule has 76 valence electrons. The standard InChI is InChI=1S/C11H15NO2/c13-11-8-4-5-9-12(11)14-10-6-2-1-3-7-10/h4-5,8-10H,1-3,6-7H2. The van der Waals surface area contributed by atoms with Gasteiger partial charge in [0.1, 0.15) is 6.10 Å². The van der Waals surface area contributed by atoms with Gasteiger partial charge in [-0.05, 0) is 31.7 Å². The van der Waals surface area contributed by atoms with E-state index in [1.165, 1.54) is 30.1 Å². The molecular formula is C11H15NO2. The monoisotopic (exact) mass is 193 g/mol. The van der Waals surface area contributed by atoms with E-state index in [1.807, 2.05) is 6.07 Å². The average Bonchev–Trinajstić information content (AvgIpc) is 2.23. The molecule has 0 bridgehead atoms. The van der Waals surface area contributed by atoms with Gasteiger partial charge in [-0.1, -0.05) is 12.5 Å². The summed E-state index contributed by atoms with van der Waals surface area (Å²) in [5, 5.41) is 0. The Bertz CT molecular complexity index is 339. The zero-order chi connectivity index (χ0) is 9.80. The van der Waals surface area contributed by atoms with Crippen molar-refractivity contribution in [3.8, 4) is 0 Å². The molecule has 2 rings (SSSR count). The number of hydrogen-bond acceptors (Lipinski definition) is 2. The fourth-order valence-electron chi connectivity index (χ4n) is 1.83. The van der Waals surface area contributed by atoms with Crippen LogP contribution in [0, 0.1) is 0 Å². The Kier molecular flexibility index (Phi) is 2.87. The van der Waals surface area contributed by atoms with Crippen LogP contribution >= 0.6 is 0 Å². The van der Waals surface area contributed by atoms with Gasteiger partial charge in [0.2, 0.25) is 0 Å². The summed E-state index contributed by atoms with van der Waals surface area (Å²) in [6.45, 7) is 0. The topological polar surface area (TPSA) is 31.2 Å². The average molecular weight is 193 g/mol. The molecule has 0 aliphatic heterocycles. The highest BCUT2D eigenvalue weighted by atomic mass is 16.7. The van der Waals surface area contributed by atoms with Crippen LogP contribution in [-0.2, 0) is 0 Å². The molecule has 14 heavy (non-hydrogen) atoms. The largest absolute Gasteiger partial charge is 0.408 e. The predicted molar refractivity (Wildman–Crippen MR) is 54.2 cm³/mol. The molecule has 0 atom stereocenters. The Morgan fingerprint density at radius 3 is 2.71 bits per heavy atom. The highest BCUT2D eigenvalue weighted by Gasteiger charge is 2.15. The molecule has 3 nitrogen and oxygen atoms in total. The van der Waals surface area contributed by atoms with E-state index in [2.05, 4.69) is 0 Å². The van der Waals surface area contributed by atoms with E-state index in [1.54, 1.807) is 12.3 Å². The molecule has 3 heteroatoms. The summed E-state index contributed by atoms with van der Waals surface area (Å²) in [6, 6.07) is 5.05. The summed E-state index contributed by atoms with van der Waals surface area (Å²) in [5.74, 6) is 0. The highest BCUT2D eigenvalue weighted by Crippen LogP contribution is 2.18. The lowest BCUT2D eigenvalue weighted by Gasteiger charge is -2.22. The maximum Gasteiger partial charge on any atom is 0.282 e. The minimum absolute atomic E-state index is 0.0851. The zero-order valence-electron chi connectivity index (χ0n) is 8.19. The molecule has 0 spiro atoms. The van der Waals surface area contributed by atoms with Gasteiger partial charge in [-0.3, -0.25) is 4.79 Å². The van der Waals surface area contributed by atoms with E-state index in [9.17, 15) is 4.79 Å². The van der Waals surface area contributed by atoms with Crippen LogP contribution in [0.25, 0.3) is 0 Å². The molecule has 0 saturated heterocycles. The van der Waals surface area contributed by atoms with Crippen LogP contribution in [0.15, 0.2) is 29.2 Å². The van der Waals surface area contributed by atoms with Gasteiger partial charge in [0.25, 0.3) is 5.56 Å². The van der Waals surface area contributed by atoms with Crippen LogP contribution in [0.2, 0.25) is 0 Å². The van der Waals surface area contributed by atoms with E-state index in [-0.39, 0.29) is 11.7 Å². The second-order valence-corrected chi connectivity index (χ2v) is 3.73. The quantitative estimate of drug-likeness (QED) is 0.714. The second-order valence-electron chi connectivity index (χ2n) is 3.73. The highest BCUT2D eigenvalue weighted by molar-refractivity contribution is 4.91. The molecule has 0 N–H and O–H groups in total. The van der Waals surface area contributed by atoms with Crippen LogP contribution < -0.4 is 10.4 Å². The van der Waals surface area contributed by atoms with Crippen LogP contribution in [-0.4, -0.2) is 10.8 Å². The molecule has 1 aliphatic rings. The van der Waals surface area contributed by atoms with Crippen molar-refractivity contribution in [1.29, 1.82) is 0 Å². The molecular weight excluding hydrogens is 178 g/mol. The molecule has 1 aliphatic carbocycles. The third kappa shape index (κ3) is 2.16. The molecule has 1 fully saturated rings. The first-order chi connectivity index (χ1) is 6.86. The molecule has 0 amide bonds. The van der Waals surface area contributed by atoms with Crippen molar-refractivity contribution in [1.82, 2.24) is 4.73 Å². The van der Waals surface area contributed by atoms with Gasteiger partial charge in [-0.2, -0.15) is 4.73 Å². The lowest BCUT2D eigenvalue weighted by molar-refractivity contribution is 0.00921. The molecule has 1 aromatic rings. The summed E-state index contributed by atoms with van der Waals surface area (Å²) in [4.78, 5) is 16.9. The van der Waals surface area contributed by atoms with Crippen molar-refractivity contribution < 1.29 is 4.84 Å². The van der Waals surface area contributed by atoms with E-state index >= 15 is 0 Å². The van der Waals surface area contributed by atoms with Crippen molar-refractivity contribution in [2.75, 3.05) is 0 Å². The van der Waals surface area contributed by atoms with Crippen molar-refractivity contribution in [2.24, 2.45) is 0 Å². The Morgan fingerprint density at radius 1 is 1.21 bits per heavy atom. The normalized spacial score (nSPS) is 18.0. The Hall–Kier alpha value is -1.25. The van der Waals surface area contributed by atoms with E-state index in [0.29, 0.717) is 0 Å². The van der Waals surface area contributed by atoms with Crippen LogP contribution in [0.3, 0.4) is 0 Å². The minimum Gasteiger partial charge on any atom is -0.408 e. The minimum atomic E-state index is -0.0851. The molecule has 1 saturated carbocycles. The number of pyridine rings is 1. The van der Waals surface area contributed by atoms with Gasteiger partial charge in [0.15, 0.2) is 0 Å². The smallest absolute Gasteiger partial charge is 0.282 e. The summed E-state index contributed by atoms with van der Waals surface area (Å²) in [7, 11) is 0. The van der Waals surface area contributed by atoms with E-state index in [4.69, 9.17) is 4.84 Å². The lowest BCUT2D eigenvalue weighted by Crippen LogP contribution is -2.33. The Morgan fingerprint density at radius 2 is 2.00 bits per heavy atom. The fourth-order valence-corrected chi connectivity index (χ4v) is 1.83. The number of rotatable bonds is 2. The number of aromatic nitrogens is 1.